The number of Topliss-reactive ketones (excluding diaryl/α,β-unsaturated/α-hetero) is 1. The monoisotopic (exact) mass is 237 g/mol. The van der Waals surface area contributed by atoms with E-state index in [1.54, 1.807) is 24.3 Å². The minimum Gasteiger partial charge on any atom is -0.299 e. The predicted molar refractivity (Wildman–Crippen MR) is 59.3 cm³/mol. The van der Waals surface area contributed by atoms with Crippen molar-refractivity contribution in [2.45, 2.75) is 12.7 Å². The van der Waals surface area contributed by atoms with Gasteiger partial charge in [-0.3, -0.25) is 4.79 Å². The molecule has 0 amide bonds. The van der Waals surface area contributed by atoms with Crippen molar-refractivity contribution in [1.29, 1.82) is 5.26 Å². The van der Waals surface area contributed by atoms with Crippen LogP contribution in [0.2, 0.25) is 0 Å². The number of sulfone groups is 1. The molecule has 0 aliphatic rings. The van der Waals surface area contributed by atoms with Crippen LogP contribution in [-0.4, -0.2) is 20.0 Å². The Kier molecular flexibility index (Phi) is 3.80. The summed E-state index contributed by atoms with van der Waals surface area (Å²) in [7, 11) is -3.47. The van der Waals surface area contributed by atoms with E-state index in [4.69, 9.17) is 5.26 Å². The van der Waals surface area contributed by atoms with Gasteiger partial charge in [-0.05, 0) is 18.6 Å². The van der Waals surface area contributed by atoms with Crippen molar-refractivity contribution in [2.24, 2.45) is 0 Å². The molecule has 0 bridgehead atoms. The summed E-state index contributed by atoms with van der Waals surface area (Å²) in [5.74, 6) is -1.14. The van der Waals surface area contributed by atoms with Crippen molar-refractivity contribution < 1.29 is 13.2 Å². The molecule has 0 N–H and O–H groups in total. The fourth-order valence-electron chi connectivity index (χ4n) is 1.35. The quantitative estimate of drug-likeness (QED) is 0.784. The highest BCUT2D eigenvalue weighted by Gasteiger charge is 2.16. The van der Waals surface area contributed by atoms with Crippen LogP contribution in [0.1, 0.15) is 18.1 Å². The van der Waals surface area contributed by atoms with Crippen LogP contribution in [0.15, 0.2) is 24.3 Å². The molecule has 84 valence electrons. The maximum Gasteiger partial charge on any atom is 0.161 e. The van der Waals surface area contributed by atoms with E-state index in [1.165, 1.54) is 6.92 Å². The lowest BCUT2D eigenvalue weighted by molar-refractivity contribution is -0.114. The van der Waals surface area contributed by atoms with E-state index >= 15 is 0 Å². The molecule has 5 heteroatoms. The predicted octanol–water partition coefficient (Wildman–Crippen LogP) is 1.06. The van der Waals surface area contributed by atoms with Gasteiger partial charge < -0.3 is 0 Å². The Morgan fingerprint density at radius 3 is 2.56 bits per heavy atom. The Morgan fingerprint density at radius 1 is 1.38 bits per heavy atom. The molecule has 16 heavy (non-hydrogen) atoms. The van der Waals surface area contributed by atoms with E-state index < -0.39 is 21.4 Å². The molecule has 0 fully saturated rings. The zero-order valence-electron chi connectivity index (χ0n) is 8.80. The summed E-state index contributed by atoms with van der Waals surface area (Å²) in [6.45, 7) is 1.23. The summed E-state index contributed by atoms with van der Waals surface area (Å²) in [6.07, 6.45) is 0. The average molecular weight is 237 g/mol. The van der Waals surface area contributed by atoms with Gasteiger partial charge in [0.2, 0.25) is 0 Å². The highest BCUT2D eigenvalue weighted by atomic mass is 32.2. The number of carbonyl (C=O) groups excluding carboxylic acids is 1. The number of rotatable bonds is 4. The first kappa shape index (κ1) is 12.4. The molecule has 0 aliphatic heterocycles. The Balaban J connectivity index is 2.98. The van der Waals surface area contributed by atoms with Gasteiger partial charge in [0, 0.05) is 0 Å². The Bertz CT molecular complexity index is 541. The summed E-state index contributed by atoms with van der Waals surface area (Å²) in [4.78, 5) is 10.8. The molecule has 0 saturated carbocycles. The van der Waals surface area contributed by atoms with Crippen molar-refractivity contribution in [3.8, 4) is 6.07 Å². The fourth-order valence-corrected chi connectivity index (χ4v) is 2.80. The molecule has 0 saturated heterocycles. The van der Waals surface area contributed by atoms with Gasteiger partial charge in [-0.1, -0.05) is 18.2 Å². The molecule has 0 atom stereocenters. The van der Waals surface area contributed by atoms with E-state index in [-0.39, 0.29) is 5.75 Å². The Hall–Kier alpha value is -1.67. The van der Waals surface area contributed by atoms with Gasteiger partial charge in [-0.15, -0.1) is 0 Å². The molecular weight excluding hydrogens is 226 g/mol. The number of hydrogen-bond acceptors (Lipinski definition) is 4. The van der Waals surface area contributed by atoms with Crippen LogP contribution in [0.25, 0.3) is 0 Å². The van der Waals surface area contributed by atoms with Crippen molar-refractivity contribution in [3.63, 3.8) is 0 Å². The maximum atomic E-state index is 11.5. The molecule has 0 aromatic heterocycles. The minimum atomic E-state index is -3.47. The van der Waals surface area contributed by atoms with Crippen LogP contribution in [-0.2, 0) is 20.4 Å². The average Bonchev–Trinajstić information content (AvgIpc) is 2.15. The summed E-state index contributed by atoms with van der Waals surface area (Å²) in [5, 5.41) is 8.79. The lowest BCUT2D eigenvalue weighted by Crippen LogP contribution is -2.15. The summed E-state index contributed by atoms with van der Waals surface area (Å²) < 4.78 is 23.1. The van der Waals surface area contributed by atoms with Crippen LogP contribution in [0.4, 0.5) is 0 Å². The number of ketones is 1. The third-order valence-corrected chi connectivity index (χ3v) is 3.53. The van der Waals surface area contributed by atoms with Gasteiger partial charge in [0.25, 0.3) is 0 Å². The molecule has 1 rings (SSSR count). The summed E-state index contributed by atoms with van der Waals surface area (Å²) in [5.41, 5.74) is 0.765. The lowest BCUT2D eigenvalue weighted by atomic mass is 10.1. The smallest absolute Gasteiger partial charge is 0.161 e. The molecular formula is C11H11NO3S. The SMILES string of the molecule is CC(=O)CS(=O)(=O)Cc1ccccc1C#N. The summed E-state index contributed by atoms with van der Waals surface area (Å²) >= 11 is 0. The molecule has 1 aromatic carbocycles. The van der Waals surface area contributed by atoms with Crippen molar-refractivity contribution in [2.75, 3.05) is 5.75 Å². The van der Waals surface area contributed by atoms with E-state index in [2.05, 4.69) is 0 Å². The molecule has 1 aromatic rings. The zero-order valence-corrected chi connectivity index (χ0v) is 9.62. The zero-order chi connectivity index (χ0) is 12.2. The second-order valence-corrected chi connectivity index (χ2v) is 5.57. The largest absolute Gasteiger partial charge is 0.299 e. The Labute approximate surface area is 94.4 Å². The van der Waals surface area contributed by atoms with Crippen molar-refractivity contribution in [3.05, 3.63) is 35.4 Å². The van der Waals surface area contributed by atoms with Gasteiger partial charge in [0.05, 0.1) is 17.4 Å². The standard InChI is InChI=1S/C11H11NO3S/c1-9(13)7-16(14,15)8-11-5-3-2-4-10(11)6-12/h2-5H,7-8H2,1H3. The highest BCUT2D eigenvalue weighted by molar-refractivity contribution is 7.91. The van der Waals surface area contributed by atoms with Crippen LogP contribution >= 0.6 is 0 Å². The summed E-state index contributed by atoms with van der Waals surface area (Å²) in [6, 6.07) is 8.39. The molecule has 0 aliphatic carbocycles. The molecule has 0 radical (unpaired) electrons. The van der Waals surface area contributed by atoms with Crippen LogP contribution in [0.5, 0.6) is 0 Å². The van der Waals surface area contributed by atoms with E-state index in [1.807, 2.05) is 6.07 Å². The molecule has 0 unspecified atom stereocenters. The van der Waals surface area contributed by atoms with E-state index in [9.17, 15) is 13.2 Å². The topological polar surface area (TPSA) is 75.0 Å². The van der Waals surface area contributed by atoms with Crippen molar-refractivity contribution in [1.82, 2.24) is 0 Å². The fraction of sp³-hybridized carbons (Fsp3) is 0.273. The third kappa shape index (κ3) is 3.48. The Morgan fingerprint density at radius 2 is 2.00 bits per heavy atom. The van der Waals surface area contributed by atoms with Crippen LogP contribution < -0.4 is 0 Å². The number of nitriles is 1. The second kappa shape index (κ2) is 4.90. The number of carbonyl (C=O) groups is 1. The second-order valence-electron chi connectivity index (χ2n) is 3.50. The van der Waals surface area contributed by atoms with Gasteiger partial charge in [0.15, 0.2) is 9.84 Å². The third-order valence-electron chi connectivity index (χ3n) is 1.94. The van der Waals surface area contributed by atoms with Crippen LogP contribution in [0.3, 0.4) is 0 Å². The van der Waals surface area contributed by atoms with E-state index in [0.29, 0.717) is 11.1 Å². The van der Waals surface area contributed by atoms with Crippen LogP contribution in [0, 0.1) is 11.3 Å². The van der Waals surface area contributed by atoms with Gasteiger partial charge in [0.1, 0.15) is 11.5 Å². The number of nitrogens with zero attached hydrogens (tertiary/aromatic N) is 1. The van der Waals surface area contributed by atoms with Gasteiger partial charge >= 0.3 is 0 Å². The van der Waals surface area contributed by atoms with Gasteiger partial charge in [-0.25, -0.2) is 8.42 Å². The lowest BCUT2D eigenvalue weighted by Gasteiger charge is -2.03. The minimum absolute atomic E-state index is 0.268. The number of benzene rings is 1. The molecule has 0 spiro atoms. The van der Waals surface area contributed by atoms with Crippen molar-refractivity contribution >= 4 is 15.6 Å². The first-order chi connectivity index (χ1) is 7.44. The molecule has 0 heterocycles. The van der Waals surface area contributed by atoms with Gasteiger partial charge in [-0.2, -0.15) is 5.26 Å². The first-order valence-electron chi connectivity index (χ1n) is 4.62. The normalized spacial score (nSPS) is 10.8. The maximum absolute atomic E-state index is 11.5. The highest BCUT2D eigenvalue weighted by Crippen LogP contribution is 2.12. The molecule has 4 nitrogen and oxygen atoms in total. The number of hydrogen-bond donors (Lipinski definition) is 0. The van der Waals surface area contributed by atoms with E-state index in [0.717, 1.165) is 0 Å². The first-order valence-corrected chi connectivity index (χ1v) is 6.44.